The second-order valence-electron chi connectivity index (χ2n) is 6.56. The molecule has 7 heteroatoms. The van der Waals surface area contributed by atoms with Gasteiger partial charge in [0, 0.05) is 6.61 Å². The van der Waals surface area contributed by atoms with Gasteiger partial charge in [-0.1, -0.05) is 5.21 Å². The first-order valence-electron chi connectivity index (χ1n) is 7.24. The highest BCUT2D eigenvalue weighted by atomic mass is 16.7. The first kappa shape index (κ1) is 14.0. The van der Waals surface area contributed by atoms with Crippen LogP contribution < -0.4 is 5.59 Å². The Morgan fingerprint density at radius 2 is 1.95 bits per heavy atom. The van der Waals surface area contributed by atoms with Gasteiger partial charge in [0.2, 0.25) is 0 Å². The zero-order chi connectivity index (χ0) is 14.4. The van der Waals surface area contributed by atoms with Crippen molar-refractivity contribution >= 4 is 12.7 Å². The topological polar surface area (TPSA) is 58.4 Å². The van der Waals surface area contributed by atoms with Crippen LogP contribution in [0.25, 0.3) is 0 Å². The number of nitrogens with zero attached hydrogens (tertiary/aromatic N) is 3. The van der Waals surface area contributed by atoms with Crippen LogP contribution in [0.15, 0.2) is 6.20 Å². The van der Waals surface area contributed by atoms with Gasteiger partial charge in [-0.05, 0) is 40.5 Å². The molecular formula is C13H22BN3O3. The van der Waals surface area contributed by atoms with Crippen LogP contribution in [0.5, 0.6) is 0 Å². The zero-order valence-corrected chi connectivity index (χ0v) is 12.6. The summed E-state index contributed by atoms with van der Waals surface area (Å²) in [5.74, 6) is 0. The van der Waals surface area contributed by atoms with Gasteiger partial charge >= 0.3 is 7.12 Å². The summed E-state index contributed by atoms with van der Waals surface area (Å²) in [6.07, 6.45) is 3.83. The number of rotatable bonds is 2. The Hall–Kier alpha value is -0.915. The number of hydrogen-bond acceptors (Lipinski definition) is 5. The van der Waals surface area contributed by atoms with Crippen LogP contribution in [0.2, 0.25) is 0 Å². The van der Waals surface area contributed by atoms with Gasteiger partial charge in [-0.2, -0.15) is 0 Å². The van der Waals surface area contributed by atoms with E-state index in [-0.39, 0.29) is 17.2 Å². The normalized spacial score (nSPS) is 28.8. The van der Waals surface area contributed by atoms with E-state index in [1.54, 1.807) is 6.20 Å². The lowest BCUT2D eigenvalue weighted by molar-refractivity contribution is 0.00578. The molecule has 1 atom stereocenters. The van der Waals surface area contributed by atoms with Gasteiger partial charge in [-0.3, -0.25) is 0 Å². The number of hydrogen-bond donors (Lipinski definition) is 0. The first-order valence-corrected chi connectivity index (χ1v) is 7.24. The van der Waals surface area contributed by atoms with Gasteiger partial charge in [0.05, 0.1) is 35.6 Å². The summed E-state index contributed by atoms with van der Waals surface area (Å²) in [6.45, 7) is 9.69. The molecule has 2 saturated heterocycles. The smallest absolute Gasteiger partial charge is 0.398 e. The summed E-state index contributed by atoms with van der Waals surface area (Å²) >= 11 is 0. The third kappa shape index (κ3) is 2.27. The Morgan fingerprint density at radius 3 is 2.55 bits per heavy atom. The molecule has 6 nitrogen and oxygen atoms in total. The van der Waals surface area contributed by atoms with Crippen molar-refractivity contribution in [3.63, 3.8) is 0 Å². The van der Waals surface area contributed by atoms with E-state index in [1.807, 2.05) is 32.4 Å². The minimum Gasteiger partial charge on any atom is -0.398 e. The van der Waals surface area contributed by atoms with Crippen molar-refractivity contribution in [2.24, 2.45) is 0 Å². The third-order valence-corrected chi connectivity index (χ3v) is 4.58. The summed E-state index contributed by atoms with van der Waals surface area (Å²) in [5.41, 5.74) is 0.171. The van der Waals surface area contributed by atoms with Crippen LogP contribution in [0, 0.1) is 0 Å². The molecule has 0 spiro atoms. The van der Waals surface area contributed by atoms with Crippen molar-refractivity contribution in [1.29, 1.82) is 0 Å². The Morgan fingerprint density at radius 1 is 1.25 bits per heavy atom. The van der Waals surface area contributed by atoms with E-state index in [0.29, 0.717) is 6.61 Å². The molecule has 0 aliphatic carbocycles. The first-order chi connectivity index (χ1) is 9.41. The molecule has 3 rings (SSSR count). The largest absolute Gasteiger partial charge is 0.515 e. The van der Waals surface area contributed by atoms with Gasteiger partial charge in [-0.15, -0.1) is 5.10 Å². The van der Waals surface area contributed by atoms with Gasteiger partial charge in [0.15, 0.2) is 0 Å². The van der Waals surface area contributed by atoms with Crippen molar-refractivity contribution in [1.82, 2.24) is 15.0 Å². The van der Waals surface area contributed by atoms with Crippen LogP contribution in [0.4, 0.5) is 0 Å². The summed E-state index contributed by atoms with van der Waals surface area (Å²) in [6, 6.07) is 0.222. The molecule has 0 amide bonds. The molecule has 2 fully saturated rings. The highest BCUT2D eigenvalue weighted by Gasteiger charge is 2.53. The maximum Gasteiger partial charge on any atom is 0.515 e. The quantitative estimate of drug-likeness (QED) is 0.754. The molecular weight excluding hydrogens is 257 g/mol. The molecule has 0 aromatic carbocycles. The van der Waals surface area contributed by atoms with Crippen molar-refractivity contribution in [3.8, 4) is 0 Å². The molecule has 2 aliphatic heterocycles. The lowest BCUT2D eigenvalue weighted by Gasteiger charge is -2.32. The third-order valence-electron chi connectivity index (χ3n) is 4.58. The lowest BCUT2D eigenvalue weighted by Crippen LogP contribution is -2.42. The molecule has 0 radical (unpaired) electrons. The fraction of sp³-hybridized carbons (Fsp3) is 0.846. The average Bonchev–Trinajstić information content (AvgIpc) is 2.94. The molecule has 0 N–H and O–H groups in total. The van der Waals surface area contributed by atoms with E-state index in [4.69, 9.17) is 14.0 Å². The fourth-order valence-corrected chi connectivity index (χ4v) is 2.58. The predicted octanol–water partition coefficient (Wildman–Crippen LogP) is 0.929. The molecule has 1 aromatic rings. The Kier molecular flexibility index (Phi) is 3.39. The molecule has 3 heterocycles. The summed E-state index contributed by atoms with van der Waals surface area (Å²) < 4.78 is 19.6. The molecule has 110 valence electrons. The van der Waals surface area contributed by atoms with Crippen LogP contribution in [0.3, 0.4) is 0 Å². The van der Waals surface area contributed by atoms with E-state index in [0.717, 1.165) is 25.0 Å². The minimum atomic E-state index is -0.420. The highest BCUT2D eigenvalue weighted by molar-refractivity contribution is 6.61. The molecule has 2 aliphatic rings. The number of ether oxygens (including phenoxy) is 1. The van der Waals surface area contributed by atoms with E-state index in [1.165, 1.54) is 0 Å². The van der Waals surface area contributed by atoms with Gasteiger partial charge in [-0.25, -0.2) is 4.68 Å². The van der Waals surface area contributed by atoms with Crippen LogP contribution in [-0.2, 0) is 14.0 Å². The number of aromatic nitrogens is 3. The monoisotopic (exact) mass is 279 g/mol. The molecule has 1 aromatic heterocycles. The van der Waals surface area contributed by atoms with Crippen LogP contribution >= 0.6 is 0 Å². The van der Waals surface area contributed by atoms with Gasteiger partial charge in [0.1, 0.15) is 0 Å². The Balaban J connectivity index is 1.84. The maximum absolute atomic E-state index is 6.08. The molecule has 20 heavy (non-hydrogen) atoms. The minimum absolute atomic E-state index is 0.222. The Bertz CT molecular complexity index is 467. The van der Waals surface area contributed by atoms with Gasteiger partial charge < -0.3 is 14.0 Å². The Labute approximate surface area is 119 Å². The SMILES string of the molecule is CC1(C)OB(c2cnnn2C2CCCOC2)OC1(C)C. The summed E-state index contributed by atoms with van der Waals surface area (Å²) in [7, 11) is -0.420. The van der Waals surface area contributed by atoms with Gasteiger partial charge in [0.25, 0.3) is 0 Å². The average molecular weight is 279 g/mol. The highest BCUT2D eigenvalue weighted by Crippen LogP contribution is 2.36. The van der Waals surface area contributed by atoms with Crippen molar-refractivity contribution in [2.45, 2.75) is 57.8 Å². The van der Waals surface area contributed by atoms with E-state index in [2.05, 4.69) is 10.3 Å². The lowest BCUT2D eigenvalue weighted by atomic mass is 9.84. The van der Waals surface area contributed by atoms with Crippen LogP contribution in [0.1, 0.15) is 46.6 Å². The maximum atomic E-state index is 6.08. The zero-order valence-electron chi connectivity index (χ0n) is 12.6. The van der Waals surface area contributed by atoms with E-state index in [9.17, 15) is 0 Å². The second-order valence-corrected chi connectivity index (χ2v) is 6.56. The molecule has 0 bridgehead atoms. The molecule has 1 unspecified atom stereocenters. The van der Waals surface area contributed by atoms with Crippen LogP contribution in [-0.4, -0.2) is 46.5 Å². The predicted molar refractivity (Wildman–Crippen MR) is 74.8 cm³/mol. The fourth-order valence-electron chi connectivity index (χ4n) is 2.58. The standard InChI is InChI=1S/C13H22BN3O3/c1-12(2)13(3,4)20-14(19-12)11-8-15-16-17(11)10-6-5-7-18-9-10/h8,10H,5-7,9H2,1-4H3. The van der Waals surface area contributed by atoms with E-state index >= 15 is 0 Å². The summed E-state index contributed by atoms with van der Waals surface area (Å²) in [4.78, 5) is 0. The summed E-state index contributed by atoms with van der Waals surface area (Å²) in [5, 5.41) is 8.24. The molecule has 0 saturated carbocycles. The second kappa shape index (κ2) is 4.82. The van der Waals surface area contributed by atoms with Crippen molar-refractivity contribution in [3.05, 3.63) is 6.20 Å². The van der Waals surface area contributed by atoms with E-state index < -0.39 is 7.12 Å². The van der Waals surface area contributed by atoms with Crippen molar-refractivity contribution < 1.29 is 14.0 Å². The van der Waals surface area contributed by atoms with Crippen molar-refractivity contribution in [2.75, 3.05) is 13.2 Å².